The van der Waals surface area contributed by atoms with Crippen LogP contribution in [0, 0.1) is 5.92 Å². The maximum atomic E-state index is 12.4. The number of methoxy groups -OCH3 is 1. The van der Waals surface area contributed by atoms with Crippen LogP contribution in [-0.4, -0.2) is 151 Å². The molecule has 1 heterocycles. The average Bonchev–Trinajstić information content (AvgIpc) is 3.86. The molecule has 10 N–H and O–H groups in total. The van der Waals surface area contributed by atoms with Crippen LogP contribution in [0.2, 0.25) is 0 Å². The number of H-pyrrole nitrogens is 1. The van der Waals surface area contributed by atoms with Gasteiger partial charge in [0, 0.05) is 91.2 Å². The van der Waals surface area contributed by atoms with E-state index in [1.54, 1.807) is 6.20 Å². The number of aromatic nitrogens is 2. The van der Waals surface area contributed by atoms with E-state index < -0.39 is 24.0 Å². The number of nitrogens with zero attached hydrogens (tertiary/aromatic N) is 1. The fourth-order valence-electron chi connectivity index (χ4n) is 7.41. The number of aromatic amines is 1. The van der Waals surface area contributed by atoms with Gasteiger partial charge in [0.25, 0.3) is 0 Å². The Bertz CT molecular complexity index is 1610. The van der Waals surface area contributed by atoms with E-state index in [9.17, 15) is 43.5 Å². The first-order valence-corrected chi connectivity index (χ1v) is 26.5. The Morgan fingerprint density at radius 2 is 1.25 bits per heavy atom. The molecule has 1 aromatic rings. The number of hydrogen-bond donors (Lipinski definition) is 7. The number of hydrogen-bond acceptors (Lipinski definition) is 14. The van der Waals surface area contributed by atoms with Crippen molar-refractivity contribution in [1.82, 2.24) is 25.9 Å². The molecule has 0 aliphatic rings. The summed E-state index contributed by atoms with van der Waals surface area (Å²) in [5, 5.41) is 25.8. The molecule has 0 aliphatic heterocycles. The number of amides is 3. The zero-order chi connectivity index (χ0) is 53.5. The number of ketones is 3. The number of ether oxygens (including phenoxy) is 4. The molecule has 0 saturated carbocycles. The summed E-state index contributed by atoms with van der Waals surface area (Å²) >= 11 is 0. The van der Waals surface area contributed by atoms with Crippen molar-refractivity contribution in [3.05, 3.63) is 18.2 Å². The fraction of sp³-hybridized carbons (Fsp3) is 0.788. The minimum atomic E-state index is -1.13. The molecule has 0 fully saturated rings. The largest absolute Gasteiger partial charge is 0.481 e. The van der Waals surface area contributed by atoms with E-state index in [1.807, 2.05) is 6.92 Å². The Labute approximate surface area is 435 Å². The number of unbranched alkanes of at least 4 members (excludes halogenated alkanes) is 14. The zero-order valence-corrected chi connectivity index (χ0v) is 44.5. The molecule has 424 valence electrons. The minimum absolute atomic E-state index is 0. The highest BCUT2D eigenvalue weighted by atomic mass is 16.5. The Morgan fingerprint density at radius 1 is 0.658 bits per heavy atom. The lowest BCUT2D eigenvalue weighted by Crippen LogP contribution is -2.41. The van der Waals surface area contributed by atoms with Crippen LogP contribution in [0.15, 0.2) is 12.5 Å². The number of imidazole rings is 1. The molecule has 0 radical (unpaired) electrons. The van der Waals surface area contributed by atoms with E-state index >= 15 is 0 Å². The van der Waals surface area contributed by atoms with Crippen LogP contribution in [0.5, 0.6) is 0 Å². The molecule has 3 atom stereocenters. The van der Waals surface area contributed by atoms with E-state index in [4.69, 9.17) is 29.8 Å². The molecule has 0 aromatic carbocycles. The Hall–Kier alpha value is -4.67. The van der Waals surface area contributed by atoms with Gasteiger partial charge < -0.3 is 61.3 Å². The molecule has 1 rings (SSSR count). The monoisotopic (exact) mass is 1040 g/mol. The van der Waals surface area contributed by atoms with Gasteiger partial charge >= 0.3 is 11.9 Å². The van der Waals surface area contributed by atoms with Gasteiger partial charge in [-0.15, -0.1) is 0 Å². The number of nitrogens with one attached hydrogen (secondary N) is 4. The highest BCUT2D eigenvalue weighted by molar-refractivity contribution is 5.89. The predicted octanol–water partition coefficient (Wildman–Crippen LogP) is 5.39. The first kappa shape index (κ1) is 70.4. The number of carboxylic acids is 2. The molecule has 73 heavy (non-hydrogen) atoms. The quantitative estimate of drug-likeness (QED) is 0.0403. The summed E-state index contributed by atoms with van der Waals surface area (Å²) in [6, 6.07) is -1.72. The standard InChI is InChI=1S/C26H44N4O7.C26H48N2O7.H2O.H2/c1-3-10-36-17-23(32)8-6-11-35-12-13-37-18-26(34)29-9-5-4-7-21(20(2)31)14-25(33)24(27)15-22-16-28-19-30-22;1-35-21-20-27-23(29)19-18-22(26(33)34)28-24(30)16-14-12-10-8-6-4-2-3-5-7-9-11-13-15-17-25(31)32;;/h16,19,21,24H,3-15,17-18,27H2,1-2H3,(H,28,30)(H,29,34);22H,2-21H2,1H3,(H,27,29)(H,28,30)(H,31,32)(H,33,34);1H2;1H/t21-,24+;22-;;/m10../s1. The second kappa shape index (κ2) is 49.5. The van der Waals surface area contributed by atoms with Gasteiger partial charge in [-0.25, -0.2) is 9.78 Å². The van der Waals surface area contributed by atoms with Crippen molar-refractivity contribution < 1.29 is 74.4 Å². The lowest BCUT2D eigenvalue weighted by atomic mass is 9.90. The van der Waals surface area contributed by atoms with Crippen LogP contribution in [-0.2, 0) is 63.7 Å². The number of Topliss-reactive ketones (excluding diaryl/α,β-unsaturated/α-hetero) is 3. The van der Waals surface area contributed by atoms with Crippen molar-refractivity contribution in [2.24, 2.45) is 11.7 Å². The van der Waals surface area contributed by atoms with Crippen LogP contribution in [0.4, 0.5) is 0 Å². The summed E-state index contributed by atoms with van der Waals surface area (Å²) in [6.45, 7) is 6.51. The Morgan fingerprint density at radius 3 is 1.81 bits per heavy atom. The summed E-state index contributed by atoms with van der Waals surface area (Å²) in [5.41, 5.74) is 6.77. The summed E-state index contributed by atoms with van der Waals surface area (Å²) in [6.07, 6.45) is 23.7. The van der Waals surface area contributed by atoms with E-state index in [-0.39, 0.29) is 93.4 Å². The SMILES string of the molecule is CCCOCC(=O)CCCOCCOCC(=O)NCCCC[C@H](CC(=O)[C@@H](N)Cc1cnc[nH]1)C(C)=O.COCCNC(=O)CC[C@H](NC(=O)CCCCCCCCCCCCCCCCC(=O)O)C(=O)O.O.[HH]. The third-order valence-corrected chi connectivity index (χ3v) is 11.7. The number of aliphatic carboxylic acids is 2. The molecule has 0 bridgehead atoms. The molecular formula is C52H96N6O15. The fourth-order valence-corrected chi connectivity index (χ4v) is 7.41. The summed E-state index contributed by atoms with van der Waals surface area (Å²) < 4.78 is 20.7. The third kappa shape index (κ3) is 45.7. The molecular weight excluding hydrogens is 949 g/mol. The van der Waals surface area contributed by atoms with Crippen molar-refractivity contribution in [3.63, 3.8) is 0 Å². The highest BCUT2D eigenvalue weighted by Crippen LogP contribution is 2.17. The van der Waals surface area contributed by atoms with Crippen molar-refractivity contribution in [2.45, 2.75) is 193 Å². The summed E-state index contributed by atoms with van der Waals surface area (Å²) in [5.74, 6) is -3.06. The number of nitrogens with two attached hydrogens (primary N) is 1. The van der Waals surface area contributed by atoms with Crippen LogP contribution in [0.3, 0.4) is 0 Å². The average molecular weight is 1050 g/mol. The first-order valence-electron chi connectivity index (χ1n) is 26.5. The van der Waals surface area contributed by atoms with E-state index in [0.717, 1.165) is 57.1 Å². The van der Waals surface area contributed by atoms with Gasteiger partial charge in [0.15, 0.2) is 11.6 Å². The number of rotatable bonds is 49. The maximum absolute atomic E-state index is 12.4. The van der Waals surface area contributed by atoms with E-state index in [0.29, 0.717) is 84.5 Å². The molecule has 21 nitrogen and oxygen atoms in total. The smallest absolute Gasteiger partial charge is 0.326 e. The molecule has 0 spiro atoms. The van der Waals surface area contributed by atoms with Gasteiger partial charge in [0.1, 0.15) is 25.0 Å². The predicted molar refractivity (Wildman–Crippen MR) is 279 cm³/mol. The maximum Gasteiger partial charge on any atom is 0.326 e. The van der Waals surface area contributed by atoms with Crippen molar-refractivity contribution in [1.29, 1.82) is 0 Å². The Kier molecular flexibility index (Phi) is 47.8. The third-order valence-electron chi connectivity index (χ3n) is 11.7. The minimum Gasteiger partial charge on any atom is -0.481 e. The Balaban J connectivity index is -0.00000133. The number of carbonyl (C=O) groups excluding carboxylic acids is 6. The first-order chi connectivity index (χ1) is 34.7. The van der Waals surface area contributed by atoms with Crippen LogP contribution >= 0.6 is 0 Å². The van der Waals surface area contributed by atoms with Gasteiger partial charge in [0.05, 0.1) is 32.2 Å². The highest BCUT2D eigenvalue weighted by Gasteiger charge is 2.23. The molecule has 0 aliphatic carbocycles. The van der Waals surface area contributed by atoms with Crippen molar-refractivity contribution >= 4 is 47.0 Å². The summed E-state index contributed by atoms with van der Waals surface area (Å²) in [4.78, 5) is 100. The second-order valence-corrected chi connectivity index (χ2v) is 18.3. The van der Waals surface area contributed by atoms with Gasteiger partial charge in [-0.1, -0.05) is 90.4 Å². The van der Waals surface area contributed by atoms with Crippen LogP contribution in [0.25, 0.3) is 0 Å². The van der Waals surface area contributed by atoms with Crippen molar-refractivity contribution in [3.8, 4) is 0 Å². The van der Waals surface area contributed by atoms with Crippen LogP contribution in [0.1, 0.15) is 181 Å². The normalized spacial score (nSPS) is 12.1. The van der Waals surface area contributed by atoms with E-state index in [2.05, 4.69) is 25.9 Å². The molecule has 21 heteroatoms. The van der Waals surface area contributed by atoms with Gasteiger partial charge in [-0.3, -0.25) is 33.6 Å². The molecule has 3 amide bonds. The van der Waals surface area contributed by atoms with Gasteiger partial charge in [0.2, 0.25) is 17.7 Å². The molecule has 0 unspecified atom stereocenters. The molecule has 0 saturated heterocycles. The van der Waals surface area contributed by atoms with Crippen molar-refractivity contribution in [2.75, 3.05) is 66.4 Å². The van der Waals surface area contributed by atoms with Gasteiger partial charge in [-0.2, -0.15) is 0 Å². The molecule has 1 aromatic heterocycles. The van der Waals surface area contributed by atoms with Crippen LogP contribution < -0.4 is 21.7 Å². The number of carbonyl (C=O) groups is 8. The second-order valence-electron chi connectivity index (χ2n) is 18.3. The summed E-state index contributed by atoms with van der Waals surface area (Å²) in [7, 11) is 1.53. The number of carboxylic acid groups (broad SMARTS) is 2. The lowest BCUT2D eigenvalue weighted by molar-refractivity contribution is -0.142. The zero-order valence-electron chi connectivity index (χ0n) is 44.5. The van der Waals surface area contributed by atoms with E-state index in [1.165, 1.54) is 65.3 Å². The van der Waals surface area contributed by atoms with Gasteiger partial charge in [-0.05, 0) is 51.9 Å². The topological polar surface area (TPSA) is 336 Å². The lowest BCUT2D eigenvalue weighted by Gasteiger charge is -2.16.